The predicted octanol–water partition coefficient (Wildman–Crippen LogP) is 3.90. The van der Waals surface area contributed by atoms with E-state index in [9.17, 15) is 0 Å². The van der Waals surface area contributed by atoms with E-state index in [0.29, 0.717) is 6.04 Å². The van der Waals surface area contributed by atoms with Crippen LogP contribution >= 0.6 is 0 Å². The van der Waals surface area contributed by atoms with Gasteiger partial charge in [0.2, 0.25) is 0 Å². The van der Waals surface area contributed by atoms with Gasteiger partial charge < -0.3 is 5.32 Å². The zero-order valence-corrected chi connectivity index (χ0v) is 10.7. The molecule has 1 nitrogen and oxygen atoms in total. The minimum absolute atomic E-state index is 0.693. The number of hydrogen-bond acceptors (Lipinski definition) is 1. The van der Waals surface area contributed by atoms with E-state index in [4.69, 9.17) is 0 Å². The Morgan fingerprint density at radius 3 is 2.33 bits per heavy atom. The van der Waals surface area contributed by atoms with Gasteiger partial charge in [-0.15, -0.1) is 0 Å². The smallest absolute Gasteiger partial charge is 0.0139 e. The van der Waals surface area contributed by atoms with Crippen molar-refractivity contribution < 1.29 is 0 Å². The molecule has 0 unspecified atom stereocenters. The van der Waals surface area contributed by atoms with Crippen LogP contribution in [0, 0.1) is 5.92 Å². The van der Waals surface area contributed by atoms with Crippen LogP contribution < -0.4 is 5.32 Å². The molecule has 0 spiro atoms. The van der Waals surface area contributed by atoms with Gasteiger partial charge in [0.1, 0.15) is 0 Å². The van der Waals surface area contributed by atoms with Crippen LogP contribution in [0.1, 0.15) is 59.3 Å². The third-order valence-corrected chi connectivity index (χ3v) is 3.56. The molecular weight excluding hydrogens is 182 g/mol. The third kappa shape index (κ3) is 5.36. The lowest BCUT2D eigenvalue weighted by Gasteiger charge is -2.23. The maximum absolute atomic E-state index is 3.64. The Balaban J connectivity index is 2.25. The number of nitrogens with one attached hydrogen (secondary N) is 1. The van der Waals surface area contributed by atoms with E-state index >= 15 is 0 Å². The summed E-state index contributed by atoms with van der Waals surface area (Å²) in [6.07, 6.45) is 11.0. The molecular formula is C14H27N. The van der Waals surface area contributed by atoms with Crippen molar-refractivity contribution in [1.82, 2.24) is 5.32 Å². The summed E-state index contributed by atoms with van der Waals surface area (Å²) in [6.45, 7) is 7.73. The average molecular weight is 209 g/mol. The van der Waals surface area contributed by atoms with Gasteiger partial charge >= 0.3 is 0 Å². The maximum atomic E-state index is 3.64. The Hall–Kier alpha value is -0.300. The molecule has 0 aromatic rings. The minimum atomic E-state index is 0.693. The molecule has 0 heterocycles. The average Bonchev–Trinajstić information content (AvgIpc) is 2.44. The standard InChI is InChI=1S/C14H27N/c1-12(2)10-11-15-13(3)14-8-6-4-5-7-9-14/h10,13-15H,4-9,11H2,1-3H3/t13-/m0/s1. The fourth-order valence-corrected chi connectivity index (χ4v) is 2.43. The summed E-state index contributed by atoms with van der Waals surface area (Å²) in [5.41, 5.74) is 1.41. The van der Waals surface area contributed by atoms with Crippen LogP contribution in [0.15, 0.2) is 11.6 Å². The first-order valence-electron chi connectivity index (χ1n) is 6.57. The van der Waals surface area contributed by atoms with Gasteiger partial charge in [0.15, 0.2) is 0 Å². The molecule has 0 aromatic heterocycles. The van der Waals surface area contributed by atoms with E-state index in [-0.39, 0.29) is 0 Å². The highest BCUT2D eigenvalue weighted by atomic mass is 14.9. The molecule has 0 aromatic carbocycles. The van der Waals surface area contributed by atoms with Gasteiger partial charge in [0.25, 0.3) is 0 Å². The summed E-state index contributed by atoms with van der Waals surface area (Å²) in [5, 5.41) is 3.64. The van der Waals surface area contributed by atoms with Gasteiger partial charge in [-0.05, 0) is 39.5 Å². The van der Waals surface area contributed by atoms with Crippen LogP contribution in [0.5, 0.6) is 0 Å². The van der Waals surface area contributed by atoms with Crippen molar-refractivity contribution in [3.63, 3.8) is 0 Å². The van der Waals surface area contributed by atoms with E-state index in [1.165, 1.54) is 44.1 Å². The summed E-state index contributed by atoms with van der Waals surface area (Å²) in [4.78, 5) is 0. The van der Waals surface area contributed by atoms with Gasteiger partial charge in [0, 0.05) is 12.6 Å². The van der Waals surface area contributed by atoms with E-state index in [1.807, 2.05) is 0 Å². The SMILES string of the molecule is CC(C)=CCN[C@@H](C)C1CCCCCC1. The van der Waals surface area contributed by atoms with Crippen LogP contribution in [0.4, 0.5) is 0 Å². The molecule has 1 heteroatoms. The summed E-state index contributed by atoms with van der Waals surface area (Å²) >= 11 is 0. The molecule has 88 valence electrons. The van der Waals surface area contributed by atoms with E-state index in [1.54, 1.807) is 0 Å². The van der Waals surface area contributed by atoms with Crippen LogP contribution in [0.3, 0.4) is 0 Å². The first kappa shape index (κ1) is 12.8. The molecule has 0 saturated heterocycles. The van der Waals surface area contributed by atoms with Crippen molar-refractivity contribution in [3.8, 4) is 0 Å². The molecule has 15 heavy (non-hydrogen) atoms. The lowest BCUT2D eigenvalue weighted by atomic mass is 9.93. The Bertz CT molecular complexity index is 184. The van der Waals surface area contributed by atoms with Crippen molar-refractivity contribution in [2.75, 3.05) is 6.54 Å². The summed E-state index contributed by atoms with van der Waals surface area (Å²) in [6, 6.07) is 0.693. The lowest BCUT2D eigenvalue weighted by Crippen LogP contribution is -2.33. The third-order valence-electron chi connectivity index (χ3n) is 3.56. The second-order valence-electron chi connectivity index (χ2n) is 5.23. The number of hydrogen-bond donors (Lipinski definition) is 1. The zero-order chi connectivity index (χ0) is 11.1. The van der Waals surface area contributed by atoms with Gasteiger partial charge in [-0.25, -0.2) is 0 Å². The van der Waals surface area contributed by atoms with E-state index < -0.39 is 0 Å². The summed E-state index contributed by atoms with van der Waals surface area (Å²) in [7, 11) is 0. The highest BCUT2D eigenvalue weighted by Gasteiger charge is 2.17. The molecule has 1 aliphatic carbocycles. The second-order valence-corrected chi connectivity index (χ2v) is 5.23. The molecule has 1 atom stereocenters. The van der Waals surface area contributed by atoms with Crippen LogP contribution in [-0.4, -0.2) is 12.6 Å². The van der Waals surface area contributed by atoms with Crippen molar-refractivity contribution in [3.05, 3.63) is 11.6 Å². The molecule has 0 radical (unpaired) electrons. The molecule has 0 bridgehead atoms. The van der Waals surface area contributed by atoms with Crippen molar-refractivity contribution in [2.45, 2.75) is 65.3 Å². The quantitative estimate of drug-likeness (QED) is 0.547. The Morgan fingerprint density at radius 1 is 1.20 bits per heavy atom. The highest BCUT2D eigenvalue weighted by molar-refractivity contribution is 4.95. The molecule has 0 amide bonds. The van der Waals surface area contributed by atoms with Crippen LogP contribution in [0.2, 0.25) is 0 Å². The molecule has 1 saturated carbocycles. The fourth-order valence-electron chi connectivity index (χ4n) is 2.43. The largest absolute Gasteiger partial charge is 0.311 e. The maximum Gasteiger partial charge on any atom is 0.0139 e. The topological polar surface area (TPSA) is 12.0 Å². The van der Waals surface area contributed by atoms with E-state index in [2.05, 4.69) is 32.2 Å². The van der Waals surface area contributed by atoms with Crippen molar-refractivity contribution in [1.29, 1.82) is 0 Å². The molecule has 1 aliphatic rings. The van der Waals surface area contributed by atoms with Gasteiger partial charge in [-0.3, -0.25) is 0 Å². The van der Waals surface area contributed by atoms with Crippen molar-refractivity contribution in [2.24, 2.45) is 5.92 Å². The van der Waals surface area contributed by atoms with Gasteiger partial charge in [0.05, 0.1) is 0 Å². The minimum Gasteiger partial charge on any atom is -0.311 e. The first-order chi connectivity index (χ1) is 7.20. The van der Waals surface area contributed by atoms with Gasteiger partial charge in [-0.1, -0.05) is 37.3 Å². The Kier molecular flexibility index (Phi) is 6.00. The molecule has 1 fully saturated rings. The van der Waals surface area contributed by atoms with Crippen LogP contribution in [-0.2, 0) is 0 Å². The van der Waals surface area contributed by atoms with E-state index in [0.717, 1.165) is 12.5 Å². The normalized spacial score (nSPS) is 20.7. The van der Waals surface area contributed by atoms with Gasteiger partial charge in [-0.2, -0.15) is 0 Å². The number of rotatable bonds is 4. The van der Waals surface area contributed by atoms with Crippen molar-refractivity contribution >= 4 is 0 Å². The number of allylic oxidation sites excluding steroid dienone is 1. The Labute approximate surface area is 95.3 Å². The second kappa shape index (κ2) is 7.05. The van der Waals surface area contributed by atoms with Crippen LogP contribution in [0.25, 0.3) is 0 Å². The highest BCUT2D eigenvalue weighted by Crippen LogP contribution is 2.25. The lowest BCUT2D eigenvalue weighted by molar-refractivity contribution is 0.347. The molecule has 1 N–H and O–H groups in total. The zero-order valence-electron chi connectivity index (χ0n) is 10.7. The first-order valence-corrected chi connectivity index (χ1v) is 6.57. The predicted molar refractivity (Wildman–Crippen MR) is 68.1 cm³/mol. The molecule has 0 aliphatic heterocycles. The molecule has 1 rings (SSSR count). The summed E-state index contributed by atoms with van der Waals surface area (Å²) in [5.74, 6) is 0.915. The fraction of sp³-hybridized carbons (Fsp3) is 0.857. The summed E-state index contributed by atoms with van der Waals surface area (Å²) < 4.78 is 0. The monoisotopic (exact) mass is 209 g/mol. The Morgan fingerprint density at radius 2 is 1.80 bits per heavy atom.